The maximum Gasteiger partial charge on any atom is 0.356 e. The van der Waals surface area contributed by atoms with Crippen molar-refractivity contribution in [1.82, 2.24) is 10.2 Å². The molecule has 7 nitrogen and oxygen atoms in total. The van der Waals surface area contributed by atoms with Gasteiger partial charge < -0.3 is 15.2 Å². The van der Waals surface area contributed by atoms with E-state index in [4.69, 9.17) is 9.84 Å². The number of carboxylic acid groups (broad SMARTS) is 1. The van der Waals surface area contributed by atoms with Gasteiger partial charge in [-0.1, -0.05) is 0 Å². The third-order valence-electron chi connectivity index (χ3n) is 3.05. The van der Waals surface area contributed by atoms with Gasteiger partial charge in [-0.25, -0.2) is 4.79 Å². The van der Waals surface area contributed by atoms with E-state index in [0.717, 1.165) is 11.3 Å². The lowest BCUT2D eigenvalue weighted by Crippen LogP contribution is -2.18. The zero-order valence-electron chi connectivity index (χ0n) is 10.9. The van der Waals surface area contributed by atoms with Gasteiger partial charge in [0.05, 0.1) is 0 Å². The number of rotatable bonds is 3. The first-order chi connectivity index (χ1) is 10.1. The van der Waals surface area contributed by atoms with Gasteiger partial charge in [-0.15, -0.1) is 10.2 Å². The fourth-order valence-corrected chi connectivity index (χ4v) is 2.03. The maximum atomic E-state index is 11.3. The summed E-state index contributed by atoms with van der Waals surface area (Å²) in [5, 5.41) is 18.8. The van der Waals surface area contributed by atoms with Crippen molar-refractivity contribution in [2.45, 2.75) is 12.8 Å². The normalized spacial score (nSPS) is 13.2. The van der Waals surface area contributed by atoms with Crippen molar-refractivity contribution in [1.29, 1.82) is 0 Å². The van der Waals surface area contributed by atoms with E-state index >= 15 is 0 Å². The molecule has 0 atom stereocenters. The highest BCUT2D eigenvalue weighted by atomic mass is 16.5. The molecule has 0 unspecified atom stereocenters. The van der Waals surface area contributed by atoms with E-state index in [1.54, 1.807) is 12.1 Å². The van der Waals surface area contributed by atoms with Crippen LogP contribution < -0.4 is 10.1 Å². The number of anilines is 1. The highest BCUT2D eigenvalue weighted by Gasteiger charge is 2.15. The number of ether oxygens (including phenoxy) is 1. The first kappa shape index (κ1) is 13.0. The van der Waals surface area contributed by atoms with Crippen LogP contribution in [0.4, 0.5) is 5.69 Å². The Balaban J connectivity index is 1.79. The van der Waals surface area contributed by atoms with E-state index in [9.17, 15) is 9.59 Å². The smallest absolute Gasteiger partial charge is 0.356 e. The molecule has 0 saturated heterocycles. The van der Waals surface area contributed by atoms with Crippen LogP contribution in [0.25, 0.3) is 0 Å². The van der Waals surface area contributed by atoms with Crippen LogP contribution in [0.1, 0.15) is 22.5 Å². The monoisotopic (exact) mass is 285 g/mol. The molecule has 1 aliphatic rings. The maximum absolute atomic E-state index is 11.3. The van der Waals surface area contributed by atoms with E-state index in [2.05, 4.69) is 15.5 Å². The number of carboxylic acids is 1. The topological polar surface area (TPSA) is 101 Å². The van der Waals surface area contributed by atoms with Gasteiger partial charge in [0.1, 0.15) is 5.75 Å². The molecule has 2 N–H and O–H groups in total. The molecule has 0 fully saturated rings. The Morgan fingerprint density at radius 1 is 1.19 bits per heavy atom. The highest BCUT2D eigenvalue weighted by Crippen LogP contribution is 2.28. The number of amides is 1. The number of hydrogen-bond acceptors (Lipinski definition) is 5. The summed E-state index contributed by atoms with van der Waals surface area (Å²) in [5.74, 6) is -0.369. The Morgan fingerprint density at radius 2 is 2.05 bits per heavy atom. The fourth-order valence-electron chi connectivity index (χ4n) is 2.03. The first-order valence-electron chi connectivity index (χ1n) is 6.29. The number of aromatic nitrogens is 2. The molecule has 106 valence electrons. The molecule has 2 heterocycles. The molecule has 1 aromatic heterocycles. The summed E-state index contributed by atoms with van der Waals surface area (Å²) in [4.78, 5) is 22.0. The first-order valence-corrected chi connectivity index (χ1v) is 6.29. The second-order valence-electron chi connectivity index (χ2n) is 4.53. The van der Waals surface area contributed by atoms with Gasteiger partial charge >= 0.3 is 5.97 Å². The third kappa shape index (κ3) is 2.81. The summed E-state index contributed by atoms with van der Waals surface area (Å²) < 4.78 is 5.53. The van der Waals surface area contributed by atoms with Gasteiger partial charge in [-0.05, 0) is 36.2 Å². The SMILES string of the molecule is O=C1CCc2cc(Oc3ccc(C(=O)O)nn3)ccc2N1. The predicted molar refractivity (Wildman–Crippen MR) is 72.5 cm³/mol. The molecule has 0 saturated carbocycles. The molecular formula is C14H11N3O4. The summed E-state index contributed by atoms with van der Waals surface area (Å²) in [7, 11) is 0. The van der Waals surface area contributed by atoms with E-state index in [1.807, 2.05) is 6.07 Å². The highest BCUT2D eigenvalue weighted by molar-refractivity contribution is 5.94. The fraction of sp³-hybridized carbons (Fsp3) is 0.143. The third-order valence-corrected chi connectivity index (χ3v) is 3.05. The average molecular weight is 285 g/mol. The van der Waals surface area contributed by atoms with Crippen molar-refractivity contribution in [2.75, 3.05) is 5.32 Å². The molecule has 0 aliphatic carbocycles. The summed E-state index contributed by atoms with van der Waals surface area (Å²) >= 11 is 0. The lowest BCUT2D eigenvalue weighted by Gasteiger charge is -2.17. The number of nitrogens with zero attached hydrogens (tertiary/aromatic N) is 2. The Labute approximate surface area is 119 Å². The molecular weight excluding hydrogens is 274 g/mol. The van der Waals surface area contributed by atoms with Crippen LogP contribution >= 0.6 is 0 Å². The molecule has 0 radical (unpaired) electrons. The Kier molecular flexibility index (Phi) is 3.23. The minimum atomic E-state index is -1.14. The van der Waals surface area contributed by atoms with Crippen LogP contribution in [0.3, 0.4) is 0 Å². The number of carbonyl (C=O) groups is 2. The summed E-state index contributed by atoms with van der Waals surface area (Å²) in [5.41, 5.74) is 1.63. The Bertz CT molecular complexity index is 713. The molecule has 1 aliphatic heterocycles. The molecule has 1 aromatic carbocycles. The lowest BCUT2D eigenvalue weighted by atomic mass is 10.0. The van der Waals surface area contributed by atoms with Crippen molar-refractivity contribution < 1.29 is 19.4 Å². The van der Waals surface area contributed by atoms with Gasteiger partial charge in [-0.3, -0.25) is 4.79 Å². The van der Waals surface area contributed by atoms with Crippen molar-refractivity contribution in [2.24, 2.45) is 0 Å². The van der Waals surface area contributed by atoms with E-state index in [0.29, 0.717) is 18.6 Å². The van der Waals surface area contributed by atoms with Crippen molar-refractivity contribution in [3.8, 4) is 11.6 Å². The molecule has 2 aromatic rings. The van der Waals surface area contributed by atoms with E-state index in [1.165, 1.54) is 12.1 Å². The summed E-state index contributed by atoms with van der Waals surface area (Å²) in [6.07, 6.45) is 1.10. The molecule has 0 spiro atoms. The largest absolute Gasteiger partial charge is 0.476 e. The number of benzene rings is 1. The minimum absolute atomic E-state index is 0.00583. The van der Waals surface area contributed by atoms with E-state index < -0.39 is 5.97 Å². The van der Waals surface area contributed by atoms with Crippen LogP contribution in [-0.4, -0.2) is 27.2 Å². The van der Waals surface area contributed by atoms with Gasteiger partial charge in [0.2, 0.25) is 11.8 Å². The number of hydrogen-bond donors (Lipinski definition) is 2. The number of nitrogens with one attached hydrogen (secondary N) is 1. The van der Waals surface area contributed by atoms with Crippen molar-refractivity contribution in [3.05, 3.63) is 41.6 Å². The Morgan fingerprint density at radius 3 is 2.76 bits per heavy atom. The number of carbonyl (C=O) groups excluding carboxylic acids is 1. The molecule has 0 bridgehead atoms. The second-order valence-corrected chi connectivity index (χ2v) is 4.53. The van der Waals surface area contributed by atoms with E-state index in [-0.39, 0.29) is 17.5 Å². The van der Waals surface area contributed by atoms with Gasteiger partial charge in [0, 0.05) is 18.2 Å². The second kappa shape index (κ2) is 5.20. The molecule has 7 heteroatoms. The quantitative estimate of drug-likeness (QED) is 0.892. The minimum Gasteiger partial charge on any atom is -0.476 e. The van der Waals surface area contributed by atoms with Crippen LogP contribution in [0.2, 0.25) is 0 Å². The van der Waals surface area contributed by atoms with Crippen LogP contribution in [-0.2, 0) is 11.2 Å². The average Bonchev–Trinajstić information content (AvgIpc) is 2.48. The molecule has 1 amide bonds. The zero-order valence-corrected chi connectivity index (χ0v) is 10.9. The predicted octanol–water partition coefficient (Wildman–Crippen LogP) is 1.85. The molecule has 21 heavy (non-hydrogen) atoms. The van der Waals surface area contributed by atoms with Gasteiger partial charge in [0.15, 0.2) is 5.69 Å². The van der Waals surface area contributed by atoms with Crippen LogP contribution in [0.15, 0.2) is 30.3 Å². The summed E-state index contributed by atoms with van der Waals surface area (Å²) in [6.45, 7) is 0. The number of aryl methyl sites for hydroxylation is 1. The lowest BCUT2D eigenvalue weighted by molar-refractivity contribution is -0.116. The molecule has 3 rings (SSSR count). The standard InChI is InChI=1S/C14H11N3O4/c18-12-5-1-8-7-9(2-3-10(8)15-12)21-13-6-4-11(14(19)20)16-17-13/h2-4,6-7H,1,5H2,(H,15,18)(H,19,20). The van der Waals surface area contributed by atoms with Crippen molar-refractivity contribution >= 4 is 17.6 Å². The van der Waals surface area contributed by atoms with Gasteiger partial charge in [-0.2, -0.15) is 0 Å². The Hall–Kier alpha value is -2.96. The summed E-state index contributed by atoms with van der Waals surface area (Å²) in [6, 6.07) is 8.06. The van der Waals surface area contributed by atoms with Crippen LogP contribution in [0.5, 0.6) is 11.6 Å². The van der Waals surface area contributed by atoms with Crippen LogP contribution in [0, 0.1) is 0 Å². The van der Waals surface area contributed by atoms with Gasteiger partial charge in [0.25, 0.3) is 0 Å². The number of fused-ring (bicyclic) bond motifs is 1. The zero-order chi connectivity index (χ0) is 14.8. The van der Waals surface area contributed by atoms with Crippen molar-refractivity contribution in [3.63, 3.8) is 0 Å². The number of aromatic carboxylic acids is 1.